The number of carboxylic acid groups (broad SMARTS) is 1. The molecule has 0 radical (unpaired) electrons. The summed E-state index contributed by atoms with van der Waals surface area (Å²) < 4.78 is 0. The molecule has 25 heavy (non-hydrogen) atoms. The van der Waals surface area contributed by atoms with Gasteiger partial charge in [-0.3, -0.25) is 9.59 Å². The Balaban J connectivity index is 0.000000609. The number of carbonyl (C=O) groups excluding carboxylic acids is 2. The molecular formula is C17H27N3O5. The van der Waals surface area contributed by atoms with Crippen LogP contribution < -0.4 is 16.4 Å². The van der Waals surface area contributed by atoms with Crippen molar-refractivity contribution in [2.75, 3.05) is 6.54 Å². The molecule has 8 heteroatoms. The molecule has 0 aliphatic heterocycles. The molecule has 0 aliphatic carbocycles. The SMILES string of the molecule is CCC(CC)C(N)=O.O=C(O)CCNC(=O)NCc1ccc(O)cc1. The summed E-state index contributed by atoms with van der Waals surface area (Å²) in [6.07, 6.45) is 1.63. The number of amides is 3. The minimum atomic E-state index is -0.955. The lowest BCUT2D eigenvalue weighted by atomic mass is 10.0. The molecule has 6 N–H and O–H groups in total. The second kappa shape index (κ2) is 12.6. The van der Waals surface area contributed by atoms with Crippen molar-refractivity contribution in [1.29, 1.82) is 0 Å². The number of phenols is 1. The monoisotopic (exact) mass is 353 g/mol. The zero-order valence-corrected chi connectivity index (χ0v) is 14.6. The molecule has 0 aliphatic rings. The first-order valence-electron chi connectivity index (χ1n) is 8.10. The van der Waals surface area contributed by atoms with E-state index in [4.69, 9.17) is 15.9 Å². The Labute approximate surface area is 147 Å². The van der Waals surface area contributed by atoms with Crippen molar-refractivity contribution in [1.82, 2.24) is 10.6 Å². The molecule has 8 nitrogen and oxygen atoms in total. The van der Waals surface area contributed by atoms with E-state index < -0.39 is 12.0 Å². The molecule has 140 valence electrons. The predicted molar refractivity (Wildman–Crippen MR) is 93.9 cm³/mol. The quantitative estimate of drug-likeness (QED) is 0.482. The number of phenolic OH excluding ortho intramolecular Hbond substituents is 1. The van der Waals surface area contributed by atoms with Gasteiger partial charge in [-0.2, -0.15) is 0 Å². The molecule has 0 fully saturated rings. The van der Waals surface area contributed by atoms with Crippen LogP contribution in [0.4, 0.5) is 4.79 Å². The first kappa shape index (κ1) is 22.2. The predicted octanol–water partition coefficient (Wildman–Crippen LogP) is 1.57. The van der Waals surface area contributed by atoms with Crippen LogP contribution in [0.15, 0.2) is 24.3 Å². The number of carboxylic acids is 1. The van der Waals surface area contributed by atoms with E-state index in [1.54, 1.807) is 12.1 Å². The number of nitrogens with one attached hydrogen (secondary N) is 2. The first-order chi connectivity index (χ1) is 11.8. The third-order valence-corrected chi connectivity index (χ3v) is 3.40. The number of primary amides is 1. The van der Waals surface area contributed by atoms with Gasteiger partial charge in [0.25, 0.3) is 0 Å². The maximum absolute atomic E-state index is 11.2. The second-order valence-electron chi connectivity index (χ2n) is 5.34. The maximum atomic E-state index is 11.2. The minimum Gasteiger partial charge on any atom is -0.508 e. The average Bonchev–Trinajstić information content (AvgIpc) is 2.55. The number of carbonyl (C=O) groups is 3. The van der Waals surface area contributed by atoms with E-state index in [0.717, 1.165) is 18.4 Å². The lowest BCUT2D eigenvalue weighted by molar-refractivity contribution is -0.136. The van der Waals surface area contributed by atoms with E-state index in [0.29, 0.717) is 6.54 Å². The van der Waals surface area contributed by atoms with Gasteiger partial charge >= 0.3 is 12.0 Å². The summed E-state index contributed by atoms with van der Waals surface area (Å²) in [6, 6.07) is 6.01. The number of rotatable bonds is 8. The number of benzene rings is 1. The zero-order valence-electron chi connectivity index (χ0n) is 14.6. The Morgan fingerprint density at radius 3 is 2.04 bits per heavy atom. The van der Waals surface area contributed by atoms with Crippen molar-refractivity contribution in [3.8, 4) is 5.75 Å². The number of aliphatic carboxylic acids is 1. The maximum Gasteiger partial charge on any atom is 0.315 e. The Morgan fingerprint density at radius 2 is 1.64 bits per heavy atom. The molecule has 0 unspecified atom stereocenters. The molecule has 0 atom stereocenters. The van der Waals surface area contributed by atoms with Crippen molar-refractivity contribution >= 4 is 17.9 Å². The van der Waals surface area contributed by atoms with Crippen LogP contribution in [0.3, 0.4) is 0 Å². The average molecular weight is 353 g/mol. The van der Waals surface area contributed by atoms with Gasteiger partial charge in [0, 0.05) is 19.0 Å². The topological polar surface area (TPSA) is 142 Å². The molecule has 0 saturated heterocycles. The van der Waals surface area contributed by atoms with Gasteiger partial charge in [-0.25, -0.2) is 4.79 Å². The van der Waals surface area contributed by atoms with Gasteiger partial charge in [0.1, 0.15) is 5.75 Å². The van der Waals surface area contributed by atoms with Crippen LogP contribution in [-0.2, 0) is 16.1 Å². The number of hydrogen-bond donors (Lipinski definition) is 5. The smallest absolute Gasteiger partial charge is 0.315 e. The van der Waals surface area contributed by atoms with Crippen LogP contribution >= 0.6 is 0 Å². The Hall–Kier alpha value is -2.77. The molecule has 0 heterocycles. The zero-order chi connectivity index (χ0) is 19.2. The second-order valence-corrected chi connectivity index (χ2v) is 5.34. The number of urea groups is 1. The fourth-order valence-corrected chi connectivity index (χ4v) is 1.83. The van der Waals surface area contributed by atoms with Crippen molar-refractivity contribution in [2.24, 2.45) is 11.7 Å². The molecule has 1 rings (SSSR count). The standard InChI is InChI=1S/C11H14N2O4.C6H13NO/c14-9-3-1-8(2-4-9)7-13-11(17)12-6-5-10(15)16;1-3-5(4-2)6(7)8/h1-4,14H,5-7H2,(H,15,16)(H2,12,13,17);5H,3-4H2,1-2H3,(H2,7,8). The van der Waals surface area contributed by atoms with E-state index in [1.165, 1.54) is 12.1 Å². The number of hydrogen-bond acceptors (Lipinski definition) is 4. The van der Waals surface area contributed by atoms with E-state index in [2.05, 4.69) is 10.6 Å². The fraction of sp³-hybridized carbons (Fsp3) is 0.471. The Bertz CT molecular complexity index is 542. The minimum absolute atomic E-state index is 0.0926. The highest BCUT2D eigenvalue weighted by atomic mass is 16.4. The molecule has 0 spiro atoms. The third-order valence-electron chi connectivity index (χ3n) is 3.40. The van der Waals surface area contributed by atoms with Crippen molar-refractivity contribution in [2.45, 2.75) is 39.7 Å². The molecule has 1 aromatic rings. The summed E-state index contributed by atoms with van der Waals surface area (Å²) in [4.78, 5) is 31.8. The van der Waals surface area contributed by atoms with E-state index in [-0.39, 0.29) is 30.5 Å². The van der Waals surface area contributed by atoms with Gasteiger partial charge in [-0.15, -0.1) is 0 Å². The summed E-state index contributed by atoms with van der Waals surface area (Å²) in [6.45, 7) is 4.35. The van der Waals surface area contributed by atoms with Gasteiger partial charge in [0.15, 0.2) is 0 Å². The van der Waals surface area contributed by atoms with Gasteiger partial charge in [-0.1, -0.05) is 26.0 Å². The molecule has 0 saturated carbocycles. The number of nitrogens with two attached hydrogens (primary N) is 1. The fourth-order valence-electron chi connectivity index (χ4n) is 1.83. The summed E-state index contributed by atoms with van der Waals surface area (Å²) in [5.41, 5.74) is 5.86. The highest BCUT2D eigenvalue weighted by Crippen LogP contribution is 2.09. The third kappa shape index (κ3) is 11.4. The van der Waals surface area contributed by atoms with Crippen LogP contribution in [-0.4, -0.2) is 34.7 Å². The first-order valence-corrected chi connectivity index (χ1v) is 8.10. The lowest BCUT2D eigenvalue weighted by Crippen LogP contribution is -2.36. The van der Waals surface area contributed by atoms with Crippen LogP contribution in [0.1, 0.15) is 38.7 Å². The van der Waals surface area contributed by atoms with Crippen molar-refractivity contribution in [3.05, 3.63) is 29.8 Å². The van der Waals surface area contributed by atoms with Gasteiger partial charge in [0.05, 0.1) is 6.42 Å². The summed E-state index contributed by atoms with van der Waals surface area (Å²) in [5, 5.41) is 22.4. The van der Waals surface area contributed by atoms with Gasteiger partial charge in [0.2, 0.25) is 5.91 Å². The molecular weight excluding hydrogens is 326 g/mol. The number of aromatic hydroxyl groups is 1. The van der Waals surface area contributed by atoms with Crippen molar-refractivity contribution in [3.63, 3.8) is 0 Å². The van der Waals surface area contributed by atoms with E-state index in [1.807, 2.05) is 13.8 Å². The van der Waals surface area contributed by atoms with Crippen LogP contribution in [0.25, 0.3) is 0 Å². The highest BCUT2D eigenvalue weighted by Gasteiger charge is 2.07. The molecule has 3 amide bonds. The van der Waals surface area contributed by atoms with Crippen LogP contribution in [0.5, 0.6) is 5.75 Å². The molecule has 0 bridgehead atoms. The Kier molecular flexibility index (Phi) is 11.2. The van der Waals surface area contributed by atoms with Crippen LogP contribution in [0, 0.1) is 5.92 Å². The van der Waals surface area contributed by atoms with Crippen LogP contribution in [0.2, 0.25) is 0 Å². The summed E-state index contributed by atoms with van der Waals surface area (Å²) in [5.74, 6) is -0.867. The largest absolute Gasteiger partial charge is 0.508 e. The highest BCUT2D eigenvalue weighted by molar-refractivity contribution is 5.76. The summed E-state index contributed by atoms with van der Waals surface area (Å²) >= 11 is 0. The molecule has 1 aromatic carbocycles. The van der Waals surface area contributed by atoms with Gasteiger partial charge < -0.3 is 26.6 Å². The lowest BCUT2D eigenvalue weighted by Gasteiger charge is -2.06. The van der Waals surface area contributed by atoms with E-state index >= 15 is 0 Å². The normalized spacial score (nSPS) is 9.72. The molecule has 0 aromatic heterocycles. The summed E-state index contributed by atoms with van der Waals surface area (Å²) in [7, 11) is 0. The Morgan fingerprint density at radius 1 is 1.08 bits per heavy atom. The van der Waals surface area contributed by atoms with Crippen molar-refractivity contribution < 1.29 is 24.6 Å². The van der Waals surface area contributed by atoms with Gasteiger partial charge in [-0.05, 0) is 30.5 Å². The van der Waals surface area contributed by atoms with E-state index in [9.17, 15) is 14.4 Å².